The monoisotopic (exact) mass is 195 g/mol. The summed E-state index contributed by atoms with van der Waals surface area (Å²) in [5, 5.41) is 3.07. The third kappa shape index (κ3) is 2.55. The fourth-order valence-corrected chi connectivity index (χ4v) is 1.43. The second-order valence-electron chi connectivity index (χ2n) is 3.23. The first kappa shape index (κ1) is 11.2. The van der Waals surface area contributed by atoms with E-state index in [4.69, 9.17) is 0 Å². The van der Waals surface area contributed by atoms with Crippen molar-refractivity contribution in [1.82, 2.24) is 5.32 Å². The Labute approximate surface area is 85.3 Å². The van der Waals surface area contributed by atoms with Crippen molar-refractivity contribution in [3.05, 3.63) is 35.9 Å². The molecule has 1 atom stereocenters. The predicted octanol–water partition coefficient (Wildman–Crippen LogP) is 2.94. The summed E-state index contributed by atoms with van der Waals surface area (Å²) in [6, 6.07) is 9.38. The molecule has 1 aromatic carbocycles. The SMILES string of the molecule is CC.FC(c1ccccc1)C1CNC1. The van der Waals surface area contributed by atoms with Gasteiger partial charge in [-0.15, -0.1) is 0 Å². The Kier molecular flexibility index (Phi) is 4.60. The number of hydrogen-bond donors (Lipinski definition) is 1. The number of hydrogen-bond acceptors (Lipinski definition) is 1. The van der Waals surface area contributed by atoms with Gasteiger partial charge in [-0.25, -0.2) is 4.39 Å². The zero-order valence-corrected chi connectivity index (χ0v) is 8.83. The van der Waals surface area contributed by atoms with Gasteiger partial charge >= 0.3 is 0 Å². The van der Waals surface area contributed by atoms with Crippen molar-refractivity contribution in [3.8, 4) is 0 Å². The number of nitrogens with one attached hydrogen (secondary N) is 1. The lowest BCUT2D eigenvalue weighted by molar-refractivity contribution is 0.171. The van der Waals surface area contributed by atoms with Crippen molar-refractivity contribution in [2.45, 2.75) is 20.0 Å². The van der Waals surface area contributed by atoms with Gasteiger partial charge in [0.05, 0.1) is 0 Å². The summed E-state index contributed by atoms with van der Waals surface area (Å²) in [7, 11) is 0. The molecular weight excluding hydrogens is 177 g/mol. The Bertz CT molecular complexity index is 244. The first-order valence-electron chi connectivity index (χ1n) is 5.27. The summed E-state index contributed by atoms with van der Waals surface area (Å²) >= 11 is 0. The second kappa shape index (κ2) is 5.76. The zero-order chi connectivity index (χ0) is 10.4. The zero-order valence-electron chi connectivity index (χ0n) is 8.83. The van der Waals surface area contributed by atoms with E-state index in [9.17, 15) is 4.39 Å². The first-order valence-corrected chi connectivity index (χ1v) is 5.27. The average molecular weight is 195 g/mol. The standard InChI is InChI=1S/C10H12FN.C2H6/c11-10(9-6-12-7-9)8-4-2-1-3-5-8;1-2/h1-5,9-10,12H,6-7H2;1-2H3. The van der Waals surface area contributed by atoms with Crippen molar-refractivity contribution in [1.29, 1.82) is 0 Å². The van der Waals surface area contributed by atoms with Crippen LogP contribution >= 0.6 is 0 Å². The third-order valence-electron chi connectivity index (χ3n) is 2.34. The topological polar surface area (TPSA) is 12.0 Å². The molecule has 78 valence electrons. The molecule has 1 saturated heterocycles. The van der Waals surface area contributed by atoms with Crippen LogP contribution in [0.4, 0.5) is 4.39 Å². The van der Waals surface area contributed by atoms with Crippen LogP contribution in [0.2, 0.25) is 0 Å². The highest BCUT2D eigenvalue weighted by Crippen LogP contribution is 2.28. The molecule has 2 heteroatoms. The van der Waals surface area contributed by atoms with Gasteiger partial charge in [-0.2, -0.15) is 0 Å². The Balaban J connectivity index is 0.000000461. The minimum absolute atomic E-state index is 0.187. The summed E-state index contributed by atoms with van der Waals surface area (Å²) in [5.74, 6) is 0.187. The molecule has 0 amide bonds. The lowest BCUT2D eigenvalue weighted by Gasteiger charge is -2.30. The summed E-state index contributed by atoms with van der Waals surface area (Å²) in [4.78, 5) is 0. The normalized spacial score (nSPS) is 17.6. The van der Waals surface area contributed by atoms with E-state index in [1.807, 2.05) is 44.2 Å². The maximum atomic E-state index is 13.5. The van der Waals surface area contributed by atoms with Gasteiger partial charge in [-0.1, -0.05) is 44.2 Å². The largest absolute Gasteiger partial charge is 0.316 e. The fourth-order valence-electron chi connectivity index (χ4n) is 1.43. The molecular formula is C12H18FN. The van der Waals surface area contributed by atoms with Crippen LogP contribution in [0.25, 0.3) is 0 Å². The first-order chi connectivity index (χ1) is 6.88. The van der Waals surface area contributed by atoms with Crippen LogP contribution in [0.5, 0.6) is 0 Å². The maximum absolute atomic E-state index is 13.5. The molecule has 0 radical (unpaired) electrons. The summed E-state index contributed by atoms with van der Waals surface area (Å²) < 4.78 is 13.5. The van der Waals surface area contributed by atoms with Crippen LogP contribution in [0, 0.1) is 5.92 Å². The Morgan fingerprint density at radius 2 is 1.79 bits per heavy atom. The predicted molar refractivity (Wildman–Crippen MR) is 58.0 cm³/mol. The van der Waals surface area contributed by atoms with E-state index in [0.717, 1.165) is 18.7 Å². The van der Waals surface area contributed by atoms with Crippen LogP contribution in [0.1, 0.15) is 25.6 Å². The molecule has 1 N–H and O–H groups in total. The van der Waals surface area contributed by atoms with Gasteiger partial charge in [-0.3, -0.25) is 0 Å². The van der Waals surface area contributed by atoms with Crippen LogP contribution in [0.3, 0.4) is 0 Å². The smallest absolute Gasteiger partial charge is 0.130 e. The highest BCUT2D eigenvalue weighted by Gasteiger charge is 2.27. The molecule has 1 aliphatic heterocycles. The summed E-state index contributed by atoms with van der Waals surface area (Å²) in [5.41, 5.74) is 0.809. The van der Waals surface area contributed by atoms with Gasteiger partial charge in [0, 0.05) is 19.0 Å². The van der Waals surface area contributed by atoms with E-state index in [1.165, 1.54) is 0 Å². The molecule has 1 unspecified atom stereocenters. The number of benzene rings is 1. The molecule has 0 aromatic heterocycles. The molecule has 1 fully saturated rings. The molecule has 0 saturated carbocycles. The van der Waals surface area contributed by atoms with E-state index in [2.05, 4.69) is 5.32 Å². The number of rotatable bonds is 2. The molecule has 0 bridgehead atoms. The Hall–Kier alpha value is -0.890. The molecule has 1 aromatic rings. The maximum Gasteiger partial charge on any atom is 0.130 e. The van der Waals surface area contributed by atoms with E-state index in [-0.39, 0.29) is 5.92 Å². The van der Waals surface area contributed by atoms with Crippen molar-refractivity contribution in [3.63, 3.8) is 0 Å². The molecule has 14 heavy (non-hydrogen) atoms. The van der Waals surface area contributed by atoms with Gasteiger partial charge < -0.3 is 5.32 Å². The number of alkyl halides is 1. The van der Waals surface area contributed by atoms with Crippen LogP contribution in [0.15, 0.2) is 30.3 Å². The number of halogens is 1. The highest BCUT2D eigenvalue weighted by molar-refractivity contribution is 5.18. The van der Waals surface area contributed by atoms with E-state index >= 15 is 0 Å². The van der Waals surface area contributed by atoms with Crippen LogP contribution in [-0.4, -0.2) is 13.1 Å². The molecule has 1 nitrogen and oxygen atoms in total. The van der Waals surface area contributed by atoms with Crippen molar-refractivity contribution in [2.75, 3.05) is 13.1 Å². The quantitative estimate of drug-likeness (QED) is 0.765. The van der Waals surface area contributed by atoms with Gasteiger partial charge in [0.15, 0.2) is 0 Å². The van der Waals surface area contributed by atoms with E-state index in [0.29, 0.717) is 0 Å². The minimum atomic E-state index is -0.785. The van der Waals surface area contributed by atoms with Crippen LogP contribution in [-0.2, 0) is 0 Å². The summed E-state index contributed by atoms with van der Waals surface area (Å²) in [6.07, 6.45) is -0.785. The van der Waals surface area contributed by atoms with Gasteiger partial charge in [-0.05, 0) is 5.56 Å². The second-order valence-corrected chi connectivity index (χ2v) is 3.23. The minimum Gasteiger partial charge on any atom is -0.316 e. The fraction of sp³-hybridized carbons (Fsp3) is 0.500. The molecule has 2 rings (SSSR count). The molecule has 0 aliphatic carbocycles. The van der Waals surface area contributed by atoms with E-state index in [1.54, 1.807) is 0 Å². The van der Waals surface area contributed by atoms with Crippen molar-refractivity contribution >= 4 is 0 Å². The van der Waals surface area contributed by atoms with Gasteiger partial charge in [0.25, 0.3) is 0 Å². The third-order valence-corrected chi connectivity index (χ3v) is 2.34. The lowest BCUT2D eigenvalue weighted by atomic mass is 9.92. The van der Waals surface area contributed by atoms with Crippen molar-refractivity contribution < 1.29 is 4.39 Å². The van der Waals surface area contributed by atoms with Gasteiger partial charge in [0.1, 0.15) is 6.17 Å². The Morgan fingerprint density at radius 3 is 2.21 bits per heavy atom. The lowest BCUT2D eigenvalue weighted by Crippen LogP contribution is -2.44. The molecule has 1 heterocycles. The van der Waals surface area contributed by atoms with Crippen LogP contribution < -0.4 is 5.32 Å². The van der Waals surface area contributed by atoms with Gasteiger partial charge in [0.2, 0.25) is 0 Å². The van der Waals surface area contributed by atoms with Crippen molar-refractivity contribution in [2.24, 2.45) is 5.92 Å². The summed E-state index contributed by atoms with van der Waals surface area (Å²) in [6.45, 7) is 5.63. The molecule has 0 spiro atoms. The van der Waals surface area contributed by atoms with E-state index < -0.39 is 6.17 Å². The average Bonchev–Trinajstić information content (AvgIpc) is 2.20. The highest BCUT2D eigenvalue weighted by atomic mass is 19.1. The Morgan fingerprint density at radius 1 is 1.21 bits per heavy atom. The molecule has 1 aliphatic rings.